The summed E-state index contributed by atoms with van der Waals surface area (Å²) < 4.78 is 40.2. The maximum atomic E-state index is 13.7. The van der Waals surface area contributed by atoms with Crippen molar-refractivity contribution < 1.29 is 23.1 Å². The van der Waals surface area contributed by atoms with E-state index in [1.165, 1.54) is 7.05 Å². The highest BCUT2D eigenvalue weighted by Crippen LogP contribution is 2.16. The number of hydrogen-bond acceptors (Lipinski definition) is 4. The van der Waals surface area contributed by atoms with Crippen molar-refractivity contribution in [2.75, 3.05) is 53.4 Å². The average molecular weight is 345 g/mol. The number of nitrogens with zero attached hydrogens (tertiary/aromatic N) is 3. The van der Waals surface area contributed by atoms with E-state index >= 15 is 0 Å². The second-order valence-electron chi connectivity index (χ2n) is 6.19. The van der Waals surface area contributed by atoms with E-state index in [1.54, 1.807) is 0 Å². The van der Waals surface area contributed by atoms with Crippen LogP contribution in [0.25, 0.3) is 0 Å². The van der Waals surface area contributed by atoms with Gasteiger partial charge in [-0.2, -0.15) is 0 Å². The largest absolute Gasteiger partial charge is 0.390 e. The molecular formula is C16H22F3N3O2. The number of amides is 1. The van der Waals surface area contributed by atoms with Crippen LogP contribution >= 0.6 is 0 Å². The first-order valence-corrected chi connectivity index (χ1v) is 7.77. The number of carbonyl (C=O) groups excluding carboxylic acids is 1. The number of piperazine rings is 1. The highest BCUT2D eigenvalue weighted by atomic mass is 19.1. The van der Waals surface area contributed by atoms with Crippen LogP contribution in [0.1, 0.15) is 10.4 Å². The van der Waals surface area contributed by atoms with Gasteiger partial charge in [0.15, 0.2) is 0 Å². The second-order valence-corrected chi connectivity index (χ2v) is 6.19. The number of halogens is 3. The molecule has 134 valence electrons. The smallest absolute Gasteiger partial charge is 0.259 e. The highest BCUT2D eigenvalue weighted by molar-refractivity contribution is 5.94. The van der Waals surface area contributed by atoms with Crippen molar-refractivity contribution in [3.8, 4) is 0 Å². The number of benzene rings is 1. The molecule has 0 aromatic heterocycles. The van der Waals surface area contributed by atoms with E-state index in [0.29, 0.717) is 18.7 Å². The lowest BCUT2D eigenvalue weighted by Gasteiger charge is -2.34. The van der Waals surface area contributed by atoms with Crippen LogP contribution in [-0.4, -0.2) is 85.2 Å². The highest BCUT2D eigenvalue weighted by Gasteiger charge is 2.24. The third kappa shape index (κ3) is 4.68. The van der Waals surface area contributed by atoms with E-state index in [4.69, 9.17) is 0 Å². The molecule has 1 N–H and O–H groups in total. The summed E-state index contributed by atoms with van der Waals surface area (Å²) in [4.78, 5) is 17.5. The van der Waals surface area contributed by atoms with Crippen molar-refractivity contribution >= 4 is 5.91 Å². The maximum absolute atomic E-state index is 13.7. The lowest BCUT2D eigenvalue weighted by Crippen LogP contribution is -2.49. The fourth-order valence-corrected chi connectivity index (χ4v) is 2.72. The lowest BCUT2D eigenvalue weighted by atomic mass is 10.1. The predicted molar refractivity (Wildman–Crippen MR) is 83.2 cm³/mol. The van der Waals surface area contributed by atoms with Gasteiger partial charge in [-0.3, -0.25) is 9.69 Å². The maximum Gasteiger partial charge on any atom is 0.259 e. The number of aliphatic hydroxyl groups is 1. The van der Waals surface area contributed by atoms with Crippen LogP contribution < -0.4 is 0 Å². The van der Waals surface area contributed by atoms with E-state index in [1.807, 2.05) is 7.05 Å². The van der Waals surface area contributed by atoms with Crippen molar-refractivity contribution in [3.63, 3.8) is 0 Å². The fraction of sp³-hybridized carbons (Fsp3) is 0.562. The first-order valence-electron chi connectivity index (χ1n) is 7.77. The number of hydrogen-bond donors (Lipinski definition) is 1. The molecule has 1 amide bonds. The van der Waals surface area contributed by atoms with E-state index in [9.17, 15) is 23.1 Å². The molecule has 1 aromatic rings. The van der Waals surface area contributed by atoms with Crippen LogP contribution in [0.3, 0.4) is 0 Å². The molecular weight excluding hydrogens is 323 g/mol. The Morgan fingerprint density at radius 3 is 2.29 bits per heavy atom. The lowest BCUT2D eigenvalue weighted by molar-refractivity contribution is 0.0496. The number of likely N-dealkylation sites (N-methyl/N-ethyl adjacent to an activating group) is 2. The van der Waals surface area contributed by atoms with Crippen molar-refractivity contribution in [2.24, 2.45) is 0 Å². The zero-order valence-corrected chi connectivity index (χ0v) is 13.8. The average Bonchev–Trinajstić information content (AvgIpc) is 2.48. The molecule has 0 aliphatic carbocycles. The zero-order chi connectivity index (χ0) is 17.9. The summed E-state index contributed by atoms with van der Waals surface area (Å²) in [5.74, 6) is -4.52. The van der Waals surface area contributed by atoms with Crippen LogP contribution in [0.4, 0.5) is 13.2 Å². The number of rotatable bonds is 5. The van der Waals surface area contributed by atoms with E-state index in [-0.39, 0.29) is 6.54 Å². The number of aliphatic hydroxyl groups excluding tert-OH is 1. The number of β-amino-alcohol motifs (C(OH)–C–C–N with tert-alkyl or cyclic N) is 1. The summed E-state index contributed by atoms with van der Waals surface area (Å²) in [6.45, 7) is 3.72. The van der Waals surface area contributed by atoms with Gasteiger partial charge < -0.3 is 14.9 Å². The SMILES string of the molecule is CN1CCN(CC(O)CN(C)C(=O)c2c(F)cc(F)cc2F)CC1. The van der Waals surface area contributed by atoms with Crippen molar-refractivity contribution in [3.05, 3.63) is 35.1 Å². The summed E-state index contributed by atoms with van der Waals surface area (Å²) in [5, 5.41) is 10.1. The molecule has 1 aliphatic rings. The van der Waals surface area contributed by atoms with Gasteiger partial charge in [0.2, 0.25) is 0 Å². The topological polar surface area (TPSA) is 47.0 Å². The Morgan fingerprint density at radius 2 is 1.75 bits per heavy atom. The molecule has 1 aliphatic heterocycles. The van der Waals surface area contributed by atoms with Gasteiger partial charge >= 0.3 is 0 Å². The summed E-state index contributed by atoms with van der Waals surface area (Å²) in [7, 11) is 3.36. The summed E-state index contributed by atoms with van der Waals surface area (Å²) in [6.07, 6.45) is -0.839. The van der Waals surface area contributed by atoms with E-state index in [0.717, 1.165) is 31.1 Å². The molecule has 0 saturated carbocycles. The zero-order valence-electron chi connectivity index (χ0n) is 13.8. The molecule has 5 nitrogen and oxygen atoms in total. The first kappa shape index (κ1) is 18.7. The molecule has 1 atom stereocenters. The molecule has 0 spiro atoms. The minimum atomic E-state index is -1.25. The van der Waals surface area contributed by atoms with Gasteiger partial charge in [0, 0.05) is 58.4 Å². The third-order valence-electron chi connectivity index (χ3n) is 4.12. The van der Waals surface area contributed by atoms with Crippen LogP contribution in [0.15, 0.2) is 12.1 Å². The van der Waals surface area contributed by atoms with Gasteiger partial charge in [-0.15, -0.1) is 0 Å². The first-order chi connectivity index (χ1) is 11.3. The standard InChI is InChI=1S/C16H22F3N3O2/c1-20-3-5-22(6-4-20)10-12(23)9-21(2)16(24)15-13(18)7-11(17)8-14(15)19/h7-8,12,23H,3-6,9-10H2,1-2H3. The minimum absolute atomic E-state index is 0.0680. The summed E-state index contributed by atoms with van der Waals surface area (Å²) in [6, 6.07) is 0.926. The Hall–Kier alpha value is -1.64. The Kier molecular flexibility index (Phi) is 6.20. The van der Waals surface area contributed by atoms with E-state index < -0.39 is 35.0 Å². The monoisotopic (exact) mass is 345 g/mol. The normalized spacial score (nSPS) is 17.8. The van der Waals surface area contributed by atoms with Gasteiger partial charge in [0.05, 0.1) is 6.10 Å². The minimum Gasteiger partial charge on any atom is -0.390 e. The quantitative estimate of drug-likeness (QED) is 0.857. The predicted octanol–water partition coefficient (Wildman–Crippen LogP) is 0.784. The molecule has 1 unspecified atom stereocenters. The molecule has 1 fully saturated rings. The molecule has 0 radical (unpaired) electrons. The van der Waals surface area contributed by atoms with Crippen LogP contribution in [0.5, 0.6) is 0 Å². The molecule has 8 heteroatoms. The Morgan fingerprint density at radius 1 is 1.21 bits per heavy atom. The molecule has 2 rings (SSSR count). The van der Waals surface area contributed by atoms with Gasteiger partial charge in [0.25, 0.3) is 5.91 Å². The Labute approximate surface area is 139 Å². The summed E-state index contributed by atoms with van der Waals surface area (Å²) in [5.41, 5.74) is -0.814. The van der Waals surface area contributed by atoms with Crippen molar-refractivity contribution in [1.82, 2.24) is 14.7 Å². The number of carbonyl (C=O) groups is 1. The van der Waals surface area contributed by atoms with Gasteiger partial charge in [-0.05, 0) is 7.05 Å². The van der Waals surface area contributed by atoms with Crippen molar-refractivity contribution in [1.29, 1.82) is 0 Å². The Balaban J connectivity index is 1.94. The third-order valence-corrected chi connectivity index (χ3v) is 4.12. The Bertz CT molecular complexity index is 569. The van der Waals surface area contributed by atoms with Crippen LogP contribution in [0.2, 0.25) is 0 Å². The summed E-state index contributed by atoms with van der Waals surface area (Å²) >= 11 is 0. The van der Waals surface area contributed by atoms with Gasteiger partial charge in [0.1, 0.15) is 23.0 Å². The molecule has 0 bridgehead atoms. The van der Waals surface area contributed by atoms with Gasteiger partial charge in [-0.25, -0.2) is 13.2 Å². The van der Waals surface area contributed by atoms with Crippen molar-refractivity contribution in [2.45, 2.75) is 6.10 Å². The van der Waals surface area contributed by atoms with E-state index in [2.05, 4.69) is 9.80 Å². The van der Waals surface area contributed by atoms with Crippen LogP contribution in [-0.2, 0) is 0 Å². The van der Waals surface area contributed by atoms with Crippen LogP contribution in [0, 0.1) is 17.5 Å². The fourth-order valence-electron chi connectivity index (χ4n) is 2.72. The molecule has 1 saturated heterocycles. The second kappa shape index (κ2) is 7.96. The van der Waals surface area contributed by atoms with Gasteiger partial charge in [-0.1, -0.05) is 0 Å². The molecule has 1 aromatic carbocycles. The molecule has 24 heavy (non-hydrogen) atoms. The molecule has 1 heterocycles.